The molecule has 2 saturated heterocycles. The number of rotatable bonds is 9. The van der Waals surface area contributed by atoms with E-state index in [0.29, 0.717) is 6.10 Å². The molecular formula is C21H43IN4O2. The second-order valence-corrected chi connectivity index (χ2v) is 9.00. The van der Waals surface area contributed by atoms with Crippen LogP contribution in [0.1, 0.15) is 53.9 Å². The van der Waals surface area contributed by atoms with Crippen molar-refractivity contribution in [2.24, 2.45) is 16.8 Å². The van der Waals surface area contributed by atoms with Gasteiger partial charge in [-0.15, -0.1) is 24.0 Å². The lowest BCUT2D eigenvalue weighted by atomic mass is 9.88. The van der Waals surface area contributed by atoms with Crippen LogP contribution in [0, 0.1) is 11.8 Å². The molecule has 0 aliphatic carbocycles. The van der Waals surface area contributed by atoms with Gasteiger partial charge in [-0.3, -0.25) is 9.89 Å². The zero-order valence-corrected chi connectivity index (χ0v) is 21.0. The Kier molecular flexibility index (Phi) is 12.3. The van der Waals surface area contributed by atoms with E-state index in [1.165, 1.54) is 19.5 Å². The van der Waals surface area contributed by atoms with Gasteiger partial charge in [0.2, 0.25) is 0 Å². The highest BCUT2D eigenvalue weighted by atomic mass is 127. The Morgan fingerprint density at radius 1 is 1.21 bits per heavy atom. The Balaban J connectivity index is 0.00000392. The first kappa shape index (κ1) is 25.9. The van der Waals surface area contributed by atoms with Gasteiger partial charge in [0.25, 0.3) is 0 Å². The fourth-order valence-electron chi connectivity index (χ4n) is 4.04. The number of likely N-dealkylation sites (tertiary alicyclic amines) is 1. The Labute approximate surface area is 189 Å². The summed E-state index contributed by atoms with van der Waals surface area (Å²) in [5.74, 6) is 2.45. The molecule has 7 heteroatoms. The lowest BCUT2D eigenvalue weighted by Crippen LogP contribution is -2.53. The number of aliphatic imine (C=N–C) groups is 1. The van der Waals surface area contributed by atoms with E-state index in [-0.39, 0.29) is 29.5 Å². The largest absolute Gasteiger partial charge is 0.379 e. The highest BCUT2D eigenvalue weighted by molar-refractivity contribution is 14.0. The summed E-state index contributed by atoms with van der Waals surface area (Å²) in [4.78, 5) is 7.50. The summed E-state index contributed by atoms with van der Waals surface area (Å²) < 4.78 is 11.2. The van der Waals surface area contributed by atoms with E-state index in [4.69, 9.17) is 14.5 Å². The Morgan fingerprint density at radius 2 is 1.93 bits per heavy atom. The minimum absolute atomic E-state index is 0. The van der Waals surface area contributed by atoms with Crippen LogP contribution < -0.4 is 10.6 Å². The van der Waals surface area contributed by atoms with Crippen LogP contribution in [0.2, 0.25) is 0 Å². The first-order valence-corrected chi connectivity index (χ1v) is 10.9. The van der Waals surface area contributed by atoms with Gasteiger partial charge in [-0.05, 0) is 51.9 Å². The molecule has 2 aliphatic rings. The fraction of sp³-hybridized carbons (Fsp3) is 0.952. The standard InChI is InChI=1S/C21H42N4O2.HI/c1-6-22-20(23-9-7-10-27-19-8-11-26-15-19)24-16-21(4,5)25-13-17(2)12-18(3)14-25;/h17-19H,6-16H2,1-5H3,(H2,22,23,24);1H. The van der Waals surface area contributed by atoms with E-state index in [2.05, 4.69) is 50.2 Å². The minimum atomic E-state index is 0. The lowest BCUT2D eigenvalue weighted by molar-refractivity contribution is 0.0419. The average molecular weight is 511 g/mol. The van der Waals surface area contributed by atoms with E-state index in [1.807, 2.05) is 0 Å². The highest BCUT2D eigenvalue weighted by Gasteiger charge is 2.32. The molecule has 0 amide bonds. The first-order valence-electron chi connectivity index (χ1n) is 10.9. The summed E-state index contributed by atoms with van der Waals surface area (Å²) in [5.41, 5.74) is 0.0802. The zero-order valence-electron chi connectivity index (χ0n) is 18.6. The summed E-state index contributed by atoms with van der Waals surface area (Å²) in [5, 5.41) is 6.82. The van der Waals surface area contributed by atoms with E-state index < -0.39 is 0 Å². The maximum Gasteiger partial charge on any atom is 0.191 e. The molecule has 2 fully saturated rings. The quantitative estimate of drug-likeness (QED) is 0.216. The molecule has 166 valence electrons. The molecule has 6 nitrogen and oxygen atoms in total. The smallest absolute Gasteiger partial charge is 0.191 e. The van der Waals surface area contributed by atoms with Crippen LogP contribution in [0.4, 0.5) is 0 Å². The highest BCUT2D eigenvalue weighted by Crippen LogP contribution is 2.27. The molecule has 0 radical (unpaired) electrons. The fourth-order valence-corrected chi connectivity index (χ4v) is 4.04. The predicted octanol–water partition coefficient (Wildman–Crippen LogP) is 3.11. The molecule has 3 unspecified atom stereocenters. The van der Waals surface area contributed by atoms with E-state index in [0.717, 1.165) is 70.1 Å². The van der Waals surface area contributed by atoms with Crippen LogP contribution in [0.5, 0.6) is 0 Å². The van der Waals surface area contributed by atoms with E-state index >= 15 is 0 Å². The molecule has 2 heterocycles. The van der Waals surface area contributed by atoms with Crippen LogP contribution in [-0.4, -0.2) is 75.0 Å². The molecule has 0 aromatic rings. The van der Waals surface area contributed by atoms with Crippen molar-refractivity contribution in [3.8, 4) is 0 Å². The second kappa shape index (κ2) is 13.2. The topological polar surface area (TPSA) is 58.1 Å². The Hall–Kier alpha value is -0.120. The molecule has 3 atom stereocenters. The van der Waals surface area contributed by atoms with Crippen molar-refractivity contribution in [2.45, 2.75) is 65.5 Å². The van der Waals surface area contributed by atoms with Crippen LogP contribution in [0.3, 0.4) is 0 Å². The van der Waals surface area contributed by atoms with Crippen molar-refractivity contribution in [1.82, 2.24) is 15.5 Å². The van der Waals surface area contributed by atoms with Crippen LogP contribution in [0.25, 0.3) is 0 Å². The van der Waals surface area contributed by atoms with Gasteiger partial charge in [0, 0.05) is 44.9 Å². The molecule has 2 rings (SSSR count). The molecule has 0 bridgehead atoms. The van der Waals surface area contributed by atoms with Crippen molar-refractivity contribution in [1.29, 1.82) is 0 Å². The third-order valence-corrected chi connectivity index (χ3v) is 5.55. The van der Waals surface area contributed by atoms with Crippen molar-refractivity contribution >= 4 is 29.9 Å². The molecule has 0 spiro atoms. The van der Waals surface area contributed by atoms with Gasteiger partial charge in [-0.2, -0.15) is 0 Å². The molecule has 28 heavy (non-hydrogen) atoms. The van der Waals surface area contributed by atoms with Gasteiger partial charge in [0.1, 0.15) is 0 Å². The van der Waals surface area contributed by atoms with Crippen molar-refractivity contribution < 1.29 is 9.47 Å². The maximum absolute atomic E-state index is 5.83. The predicted molar refractivity (Wildman–Crippen MR) is 128 cm³/mol. The van der Waals surface area contributed by atoms with E-state index in [1.54, 1.807) is 0 Å². The number of piperidine rings is 1. The van der Waals surface area contributed by atoms with Gasteiger partial charge < -0.3 is 20.1 Å². The summed E-state index contributed by atoms with van der Waals surface area (Å²) in [7, 11) is 0. The molecule has 0 aromatic heterocycles. The average Bonchev–Trinajstić information content (AvgIpc) is 3.12. The number of hydrogen-bond donors (Lipinski definition) is 2. The summed E-state index contributed by atoms with van der Waals surface area (Å²) in [6.07, 6.45) is 3.64. The molecule has 0 aromatic carbocycles. The zero-order chi connectivity index (χ0) is 19.7. The van der Waals surface area contributed by atoms with Crippen LogP contribution in [-0.2, 0) is 9.47 Å². The molecule has 2 aliphatic heterocycles. The number of halogens is 1. The third-order valence-electron chi connectivity index (χ3n) is 5.55. The van der Waals surface area contributed by atoms with Gasteiger partial charge >= 0.3 is 0 Å². The monoisotopic (exact) mass is 510 g/mol. The second-order valence-electron chi connectivity index (χ2n) is 9.00. The molecule has 0 saturated carbocycles. The molecular weight excluding hydrogens is 467 g/mol. The SMILES string of the molecule is CCNC(=NCC(C)(C)N1CC(C)CC(C)C1)NCCCOC1CCOC1.I. The number of guanidine groups is 1. The maximum atomic E-state index is 5.83. The Bertz CT molecular complexity index is 446. The van der Waals surface area contributed by atoms with Crippen molar-refractivity contribution in [2.75, 3.05) is 52.5 Å². The van der Waals surface area contributed by atoms with Gasteiger partial charge in [-0.1, -0.05) is 13.8 Å². The minimum Gasteiger partial charge on any atom is -0.379 e. The summed E-state index contributed by atoms with van der Waals surface area (Å²) >= 11 is 0. The summed E-state index contributed by atoms with van der Waals surface area (Å²) in [6.45, 7) is 18.8. The molecule has 2 N–H and O–H groups in total. The lowest BCUT2D eigenvalue weighted by Gasteiger charge is -2.44. The van der Waals surface area contributed by atoms with Gasteiger partial charge in [-0.25, -0.2) is 0 Å². The van der Waals surface area contributed by atoms with E-state index in [9.17, 15) is 0 Å². The number of ether oxygens (including phenoxy) is 2. The van der Waals surface area contributed by atoms with Crippen LogP contribution in [0.15, 0.2) is 4.99 Å². The van der Waals surface area contributed by atoms with Crippen LogP contribution >= 0.6 is 24.0 Å². The van der Waals surface area contributed by atoms with Gasteiger partial charge in [0.15, 0.2) is 5.96 Å². The number of nitrogens with one attached hydrogen (secondary N) is 2. The number of nitrogens with zero attached hydrogens (tertiary/aromatic N) is 2. The third kappa shape index (κ3) is 9.13. The number of hydrogen-bond acceptors (Lipinski definition) is 4. The normalized spacial score (nSPS) is 26.8. The summed E-state index contributed by atoms with van der Waals surface area (Å²) in [6, 6.07) is 0. The van der Waals surface area contributed by atoms with Crippen molar-refractivity contribution in [3.63, 3.8) is 0 Å². The van der Waals surface area contributed by atoms with Gasteiger partial charge in [0.05, 0.1) is 19.3 Å². The first-order chi connectivity index (χ1) is 12.9. The van der Waals surface area contributed by atoms with Crippen molar-refractivity contribution in [3.05, 3.63) is 0 Å². The Morgan fingerprint density at radius 3 is 2.54 bits per heavy atom.